The van der Waals surface area contributed by atoms with Crippen molar-refractivity contribution in [3.8, 4) is 5.82 Å². The number of halogens is 2. The molecule has 3 heterocycles. The maximum Gasteiger partial charge on any atom is 0.244 e. The van der Waals surface area contributed by atoms with Crippen LogP contribution in [0.2, 0.25) is 10.0 Å². The van der Waals surface area contributed by atoms with E-state index in [-0.39, 0.29) is 9.92 Å². The van der Waals surface area contributed by atoms with Crippen LogP contribution < -0.4 is 4.90 Å². The smallest absolute Gasteiger partial charge is 0.244 e. The average molecular weight is 467 g/mol. The second kappa shape index (κ2) is 8.14. The lowest BCUT2D eigenvalue weighted by atomic mass is 10.3. The quantitative estimate of drug-likeness (QED) is 0.587. The predicted molar refractivity (Wildman–Crippen MR) is 116 cm³/mol. The Labute approximate surface area is 185 Å². The first kappa shape index (κ1) is 21.0. The van der Waals surface area contributed by atoms with E-state index in [1.54, 1.807) is 12.4 Å². The summed E-state index contributed by atoms with van der Waals surface area (Å²) in [4.78, 5) is 15.1. The van der Waals surface area contributed by atoms with Crippen LogP contribution in [0.5, 0.6) is 0 Å². The highest BCUT2D eigenvalue weighted by Gasteiger charge is 2.30. The number of anilines is 1. The van der Waals surface area contributed by atoms with Crippen LogP contribution in [0.3, 0.4) is 0 Å². The molecular weight excluding hydrogens is 447 g/mol. The molecule has 0 aliphatic carbocycles. The van der Waals surface area contributed by atoms with Crippen molar-refractivity contribution in [3.05, 3.63) is 58.4 Å². The summed E-state index contributed by atoms with van der Waals surface area (Å²) in [5, 5.41) is 0.489. The number of aromatic nitrogens is 4. The van der Waals surface area contributed by atoms with Crippen LogP contribution in [0.4, 0.5) is 5.82 Å². The maximum atomic E-state index is 13.0. The number of hydrogen-bond acceptors (Lipinski definition) is 6. The standard InChI is InChI=1S/C19H20Cl2N6O2S/c1-13-14(2)27(12-24-13)19-10-18(22-11-23-19)25-5-7-26(8-6-25)30(28,29)17-9-15(20)3-4-16(17)21/h3-4,9-12H,5-8H2,1-2H3. The summed E-state index contributed by atoms with van der Waals surface area (Å²) in [7, 11) is -3.73. The molecule has 158 valence electrons. The summed E-state index contributed by atoms with van der Waals surface area (Å²) < 4.78 is 29.3. The van der Waals surface area contributed by atoms with Crippen molar-refractivity contribution in [2.24, 2.45) is 0 Å². The summed E-state index contributed by atoms with van der Waals surface area (Å²) >= 11 is 12.1. The first-order chi connectivity index (χ1) is 14.3. The van der Waals surface area contributed by atoms with Gasteiger partial charge in [0.05, 0.1) is 10.7 Å². The van der Waals surface area contributed by atoms with E-state index in [1.165, 1.54) is 22.8 Å². The van der Waals surface area contributed by atoms with Crippen molar-refractivity contribution < 1.29 is 8.42 Å². The lowest BCUT2D eigenvalue weighted by Crippen LogP contribution is -2.49. The van der Waals surface area contributed by atoms with E-state index >= 15 is 0 Å². The number of rotatable bonds is 4. The van der Waals surface area contributed by atoms with Gasteiger partial charge in [-0.05, 0) is 32.0 Å². The van der Waals surface area contributed by atoms with E-state index in [9.17, 15) is 8.42 Å². The highest BCUT2D eigenvalue weighted by molar-refractivity contribution is 7.89. The highest BCUT2D eigenvalue weighted by Crippen LogP contribution is 2.29. The zero-order valence-electron chi connectivity index (χ0n) is 16.5. The summed E-state index contributed by atoms with van der Waals surface area (Å²) in [6.07, 6.45) is 3.24. The summed E-state index contributed by atoms with van der Waals surface area (Å²) in [6.45, 7) is 5.54. The number of sulfonamides is 1. The molecule has 4 rings (SSSR count). The molecule has 3 aromatic rings. The Balaban J connectivity index is 1.52. The SMILES string of the molecule is Cc1ncn(-c2cc(N3CCN(S(=O)(=O)c4cc(Cl)ccc4Cl)CC3)ncn2)c1C. The number of hydrogen-bond donors (Lipinski definition) is 0. The molecule has 0 radical (unpaired) electrons. The average Bonchev–Trinajstić information content (AvgIpc) is 3.08. The van der Waals surface area contributed by atoms with E-state index in [2.05, 4.69) is 15.0 Å². The van der Waals surface area contributed by atoms with E-state index in [1.807, 2.05) is 29.4 Å². The molecule has 2 aromatic heterocycles. The maximum absolute atomic E-state index is 13.0. The van der Waals surface area contributed by atoms with Crippen LogP contribution in [-0.2, 0) is 10.0 Å². The fourth-order valence-corrected chi connectivity index (χ4v) is 5.50. The monoisotopic (exact) mass is 466 g/mol. The van der Waals surface area contributed by atoms with Crippen molar-refractivity contribution in [2.45, 2.75) is 18.7 Å². The summed E-state index contributed by atoms with van der Waals surface area (Å²) in [5.74, 6) is 1.46. The van der Waals surface area contributed by atoms with E-state index in [0.29, 0.717) is 31.2 Å². The second-order valence-electron chi connectivity index (χ2n) is 6.99. The number of nitrogens with zero attached hydrogens (tertiary/aromatic N) is 6. The molecule has 1 aromatic carbocycles. The number of imidazole rings is 1. The molecule has 0 bridgehead atoms. The number of aryl methyl sites for hydroxylation is 1. The Kier molecular flexibility index (Phi) is 5.71. The van der Waals surface area contributed by atoms with Crippen LogP contribution >= 0.6 is 23.2 Å². The second-order valence-corrected chi connectivity index (χ2v) is 9.74. The molecule has 0 N–H and O–H groups in total. The molecular formula is C19H20Cl2N6O2S. The largest absolute Gasteiger partial charge is 0.354 e. The van der Waals surface area contributed by atoms with Gasteiger partial charge in [-0.1, -0.05) is 23.2 Å². The van der Waals surface area contributed by atoms with Crippen molar-refractivity contribution in [3.63, 3.8) is 0 Å². The fourth-order valence-electron chi connectivity index (χ4n) is 3.34. The highest BCUT2D eigenvalue weighted by atomic mass is 35.5. The van der Waals surface area contributed by atoms with Crippen molar-refractivity contribution in [2.75, 3.05) is 31.1 Å². The minimum Gasteiger partial charge on any atom is -0.354 e. The molecule has 1 aliphatic heterocycles. The number of benzene rings is 1. The predicted octanol–water partition coefficient (Wildman–Crippen LogP) is 3.10. The first-order valence-corrected chi connectivity index (χ1v) is 11.5. The molecule has 1 saturated heterocycles. The van der Waals surface area contributed by atoms with Gasteiger partial charge in [-0.15, -0.1) is 0 Å². The van der Waals surface area contributed by atoms with Gasteiger partial charge in [-0.25, -0.2) is 23.4 Å². The van der Waals surface area contributed by atoms with Gasteiger partial charge in [-0.3, -0.25) is 4.57 Å². The van der Waals surface area contributed by atoms with Crippen molar-refractivity contribution >= 4 is 39.0 Å². The Morgan fingerprint density at radius 2 is 1.63 bits per heavy atom. The van der Waals surface area contributed by atoms with Crippen molar-refractivity contribution in [1.82, 2.24) is 23.8 Å². The van der Waals surface area contributed by atoms with Gasteiger partial charge in [0, 0.05) is 43.0 Å². The van der Waals surface area contributed by atoms with Crippen LogP contribution in [0, 0.1) is 13.8 Å². The normalized spacial score (nSPS) is 15.5. The summed E-state index contributed by atoms with van der Waals surface area (Å²) in [6, 6.07) is 6.33. The van der Waals surface area contributed by atoms with Crippen molar-refractivity contribution in [1.29, 1.82) is 0 Å². The summed E-state index contributed by atoms with van der Waals surface area (Å²) in [5.41, 5.74) is 1.95. The molecule has 1 aliphatic rings. The Bertz CT molecular complexity index is 1190. The zero-order valence-corrected chi connectivity index (χ0v) is 18.8. The third-order valence-electron chi connectivity index (χ3n) is 5.21. The van der Waals surface area contributed by atoms with Crippen LogP contribution in [0.15, 0.2) is 41.8 Å². The molecule has 1 fully saturated rings. The van der Waals surface area contributed by atoms with Gasteiger partial charge in [0.25, 0.3) is 0 Å². The van der Waals surface area contributed by atoms with Gasteiger partial charge in [-0.2, -0.15) is 4.31 Å². The van der Waals surface area contributed by atoms with Gasteiger partial charge in [0.1, 0.15) is 29.2 Å². The fraction of sp³-hybridized carbons (Fsp3) is 0.316. The zero-order chi connectivity index (χ0) is 21.5. The molecule has 30 heavy (non-hydrogen) atoms. The Morgan fingerprint density at radius 1 is 0.933 bits per heavy atom. The lowest BCUT2D eigenvalue weighted by Gasteiger charge is -2.34. The lowest BCUT2D eigenvalue weighted by molar-refractivity contribution is 0.384. The molecule has 0 saturated carbocycles. The Hall–Kier alpha value is -2.20. The van der Waals surface area contributed by atoms with E-state index in [4.69, 9.17) is 23.2 Å². The van der Waals surface area contributed by atoms with Gasteiger partial charge < -0.3 is 4.90 Å². The van der Waals surface area contributed by atoms with Crippen LogP contribution in [0.1, 0.15) is 11.4 Å². The first-order valence-electron chi connectivity index (χ1n) is 9.30. The third-order valence-corrected chi connectivity index (χ3v) is 7.83. The minimum absolute atomic E-state index is 0.0281. The van der Waals surface area contributed by atoms with Gasteiger partial charge in [0.2, 0.25) is 10.0 Å². The van der Waals surface area contributed by atoms with E-state index in [0.717, 1.165) is 23.0 Å². The molecule has 0 spiro atoms. The topological polar surface area (TPSA) is 84.2 Å². The Morgan fingerprint density at radius 3 is 2.30 bits per heavy atom. The van der Waals surface area contributed by atoms with Gasteiger partial charge >= 0.3 is 0 Å². The third kappa shape index (κ3) is 3.90. The molecule has 0 unspecified atom stereocenters. The molecule has 11 heteroatoms. The van der Waals surface area contributed by atoms with Crippen LogP contribution in [0.25, 0.3) is 5.82 Å². The van der Waals surface area contributed by atoms with E-state index < -0.39 is 10.0 Å². The molecule has 0 amide bonds. The molecule has 8 nitrogen and oxygen atoms in total. The van der Waals surface area contributed by atoms with Crippen LogP contribution in [-0.4, -0.2) is 58.4 Å². The molecule has 0 atom stereocenters. The van der Waals surface area contributed by atoms with Gasteiger partial charge in [0.15, 0.2) is 0 Å². The number of piperazine rings is 1. The minimum atomic E-state index is -3.73.